The molecule has 0 aliphatic carbocycles. The Morgan fingerprint density at radius 1 is 1.20 bits per heavy atom. The average molecular weight is 310 g/mol. The Hall–Kier alpha value is -1.37. The van der Waals surface area contributed by atoms with Gasteiger partial charge in [-0.1, -0.05) is 0 Å². The number of nitrogens with one attached hydrogen (secondary N) is 1. The maximum absolute atomic E-state index is 12.4. The van der Waals surface area contributed by atoms with E-state index in [1.807, 2.05) is 26.0 Å². The second-order valence-corrected chi connectivity index (χ2v) is 7.82. The summed E-state index contributed by atoms with van der Waals surface area (Å²) in [4.78, 5) is 2.43. The highest BCUT2D eigenvalue weighted by atomic mass is 32.2. The molecule has 0 saturated carbocycles. The Balaban J connectivity index is 2.27. The van der Waals surface area contributed by atoms with E-state index in [2.05, 4.69) is 4.72 Å². The molecule has 2 aromatic rings. The van der Waals surface area contributed by atoms with Crippen LogP contribution in [0.15, 0.2) is 35.2 Å². The van der Waals surface area contributed by atoms with Gasteiger partial charge in [0, 0.05) is 15.4 Å². The Morgan fingerprint density at radius 2 is 1.90 bits per heavy atom. The van der Waals surface area contributed by atoms with Crippen molar-refractivity contribution >= 4 is 27.0 Å². The van der Waals surface area contributed by atoms with Crippen molar-refractivity contribution < 1.29 is 8.42 Å². The van der Waals surface area contributed by atoms with Gasteiger partial charge in [0.25, 0.3) is 0 Å². The molecule has 20 heavy (non-hydrogen) atoms. The third-order valence-corrected chi connectivity index (χ3v) is 5.89. The number of thiophene rings is 1. The van der Waals surface area contributed by atoms with E-state index in [0.29, 0.717) is 11.3 Å². The minimum atomic E-state index is -3.54. The molecule has 1 unspecified atom stereocenters. The van der Waals surface area contributed by atoms with Crippen LogP contribution in [0.25, 0.3) is 0 Å². The summed E-state index contributed by atoms with van der Waals surface area (Å²) >= 11 is 1.59. The average Bonchev–Trinajstić information content (AvgIpc) is 2.74. The van der Waals surface area contributed by atoms with Crippen LogP contribution in [-0.2, 0) is 10.0 Å². The lowest BCUT2D eigenvalue weighted by Gasteiger charge is -2.14. The summed E-state index contributed by atoms with van der Waals surface area (Å²) < 4.78 is 27.5. The first-order chi connectivity index (χ1) is 9.29. The van der Waals surface area contributed by atoms with Gasteiger partial charge in [-0.05, 0) is 56.7 Å². The smallest absolute Gasteiger partial charge is 0.241 e. The summed E-state index contributed by atoms with van der Waals surface area (Å²) in [5.74, 6) is 0. The van der Waals surface area contributed by atoms with Gasteiger partial charge in [0.2, 0.25) is 10.0 Å². The number of rotatable bonds is 4. The van der Waals surface area contributed by atoms with Crippen molar-refractivity contribution in [3.05, 3.63) is 45.6 Å². The van der Waals surface area contributed by atoms with E-state index < -0.39 is 10.0 Å². The maximum atomic E-state index is 12.4. The highest BCUT2D eigenvalue weighted by molar-refractivity contribution is 7.89. The van der Waals surface area contributed by atoms with E-state index in [4.69, 9.17) is 5.73 Å². The largest absolute Gasteiger partial charge is 0.399 e. The third-order valence-electron chi connectivity index (χ3n) is 3.01. The van der Waals surface area contributed by atoms with Gasteiger partial charge in [-0.3, -0.25) is 0 Å². The number of nitrogens with two attached hydrogens (primary N) is 1. The SMILES string of the molecule is Cc1ccc(C(C)NS(=O)(=O)c2ccc(N)cc2C)s1. The molecule has 2 rings (SSSR count). The standard InChI is InChI=1S/C14H18N2O2S2/c1-9-8-12(15)5-7-14(9)20(17,18)16-11(3)13-6-4-10(2)19-13/h4-8,11,16H,15H2,1-3H3. The molecule has 1 aromatic carbocycles. The van der Waals surface area contributed by atoms with E-state index in [1.165, 1.54) is 0 Å². The van der Waals surface area contributed by atoms with E-state index >= 15 is 0 Å². The van der Waals surface area contributed by atoms with Gasteiger partial charge in [0.1, 0.15) is 0 Å². The lowest BCUT2D eigenvalue weighted by atomic mass is 10.2. The summed E-state index contributed by atoms with van der Waals surface area (Å²) in [6, 6.07) is 8.48. The molecule has 0 bridgehead atoms. The van der Waals surface area contributed by atoms with Crippen molar-refractivity contribution in [3.8, 4) is 0 Å². The van der Waals surface area contributed by atoms with Crippen molar-refractivity contribution in [1.82, 2.24) is 4.72 Å². The monoisotopic (exact) mass is 310 g/mol. The predicted molar refractivity (Wildman–Crippen MR) is 83.4 cm³/mol. The molecule has 1 atom stereocenters. The second-order valence-electron chi connectivity index (χ2n) is 4.82. The zero-order valence-corrected chi connectivity index (χ0v) is 13.3. The van der Waals surface area contributed by atoms with Crippen LogP contribution in [-0.4, -0.2) is 8.42 Å². The first-order valence-corrected chi connectivity index (χ1v) is 8.54. The first kappa shape index (κ1) is 15.0. The van der Waals surface area contributed by atoms with Gasteiger partial charge in [-0.2, -0.15) is 0 Å². The summed E-state index contributed by atoms with van der Waals surface area (Å²) in [5, 5.41) is 0. The van der Waals surface area contributed by atoms with E-state index in [-0.39, 0.29) is 10.9 Å². The summed E-state index contributed by atoms with van der Waals surface area (Å²) in [6.45, 7) is 5.58. The number of benzene rings is 1. The van der Waals surface area contributed by atoms with Crippen molar-refractivity contribution in [1.29, 1.82) is 0 Å². The van der Waals surface area contributed by atoms with Crippen LogP contribution in [0.4, 0.5) is 5.69 Å². The van der Waals surface area contributed by atoms with Crippen LogP contribution >= 0.6 is 11.3 Å². The van der Waals surface area contributed by atoms with Crippen LogP contribution < -0.4 is 10.5 Å². The van der Waals surface area contributed by atoms with Gasteiger partial charge >= 0.3 is 0 Å². The third kappa shape index (κ3) is 3.20. The molecule has 0 radical (unpaired) electrons. The molecule has 0 amide bonds. The van der Waals surface area contributed by atoms with Gasteiger partial charge < -0.3 is 5.73 Å². The summed E-state index contributed by atoms with van der Waals surface area (Å²) in [6.07, 6.45) is 0. The molecule has 0 saturated heterocycles. The molecule has 6 heteroatoms. The van der Waals surface area contributed by atoms with E-state index in [9.17, 15) is 8.42 Å². The predicted octanol–water partition coefficient (Wildman–Crippen LogP) is 2.99. The van der Waals surface area contributed by atoms with Crippen LogP contribution in [0.3, 0.4) is 0 Å². The van der Waals surface area contributed by atoms with Crippen LogP contribution in [0.1, 0.15) is 28.3 Å². The number of aryl methyl sites for hydroxylation is 2. The Bertz CT molecular complexity index is 721. The maximum Gasteiger partial charge on any atom is 0.241 e. The Kier molecular flexibility index (Phi) is 4.17. The summed E-state index contributed by atoms with van der Waals surface area (Å²) in [5.41, 5.74) is 6.86. The van der Waals surface area contributed by atoms with Gasteiger partial charge in [-0.25, -0.2) is 13.1 Å². The van der Waals surface area contributed by atoms with E-state index in [1.54, 1.807) is 36.5 Å². The first-order valence-electron chi connectivity index (χ1n) is 6.24. The van der Waals surface area contributed by atoms with Crippen LogP contribution in [0.2, 0.25) is 0 Å². The Morgan fingerprint density at radius 3 is 2.45 bits per heavy atom. The van der Waals surface area contributed by atoms with Crippen molar-refractivity contribution in [2.45, 2.75) is 31.7 Å². The molecule has 0 spiro atoms. The minimum absolute atomic E-state index is 0.254. The fourth-order valence-electron chi connectivity index (χ4n) is 2.01. The zero-order chi connectivity index (χ0) is 14.9. The van der Waals surface area contributed by atoms with Crippen molar-refractivity contribution in [2.24, 2.45) is 0 Å². The fraction of sp³-hybridized carbons (Fsp3) is 0.286. The van der Waals surface area contributed by atoms with Gasteiger partial charge in [0.15, 0.2) is 0 Å². The molecule has 108 valence electrons. The molecule has 3 N–H and O–H groups in total. The molecule has 0 aliphatic rings. The topological polar surface area (TPSA) is 72.2 Å². The normalized spacial score (nSPS) is 13.3. The minimum Gasteiger partial charge on any atom is -0.399 e. The Labute approximate surface area is 123 Å². The molecule has 0 aliphatic heterocycles. The number of nitrogen functional groups attached to an aromatic ring is 1. The number of anilines is 1. The number of hydrogen-bond acceptors (Lipinski definition) is 4. The number of sulfonamides is 1. The van der Waals surface area contributed by atoms with E-state index in [0.717, 1.165) is 9.75 Å². The zero-order valence-electron chi connectivity index (χ0n) is 11.7. The second kappa shape index (κ2) is 5.55. The molecular weight excluding hydrogens is 292 g/mol. The molecule has 0 fully saturated rings. The fourth-order valence-corrected chi connectivity index (χ4v) is 4.42. The highest BCUT2D eigenvalue weighted by Gasteiger charge is 2.21. The molecule has 1 aromatic heterocycles. The lowest BCUT2D eigenvalue weighted by Crippen LogP contribution is -2.27. The number of hydrogen-bond donors (Lipinski definition) is 2. The lowest BCUT2D eigenvalue weighted by molar-refractivity contribution is 0.568. The van der Waals surface area contributed by atoms with Crippen LogP contribution in [0.5, 0.6) is 0 Å². The molecule has 4 nitrogen and oxygen atoms in total. The van der Waals surface area contributed by atoms with Gasteiger partial charge in [0.05, 0.1) is 10.9 Å². The van der Waals surface area contributed by atoms with Crippen molar-refractivity contribution in [2.75, 3.05) is 5.73 Å². The molecular formula is C14H18N2O2S2. The summed E-state index contributed by atoms with van der Waals surface area (Å²) in [7, 11) is -3.54. The molecule has 1 heterocycles. The van der Waals surface area contributed by atoms with Crippen molar-refractivity contribution in [3.63, 3.8) is 0 Å². The quantitative estimate of drug-likeness (QED) is 0.853. The highest BCUT2D eigenvalue weighted by Crippen LogP contribution is 2.25. The van der Waals surface area contributed by atoms with Gasteiger partial charge in [-0.15, -0.1) is 11.3 Å². The van der Waals surface area contributed by atoms with Crippen LogP contribution in [0, 0.1) is 13.8 Å².